The van der Waals surface area contributed by atoms with E-state index in [2.05, 4.69) is 4.72 Å². The molecular formula is C8H11FN2O2S. The molecule has 0 radical (unpaired) electrons. The maximum absolute atomic E-state index is 13.2. The molecule has 0 aliphatic rings. The van der Waals surface area contributed by atoms with Gasteiger partial charge in [0.2, 0.25) is 10.0 Å². The van der Waals surface area contributed by atoms with Crippen LogP contribution >= 0.6 is 0 Å². The summed E-state index contributed by atoms with van der Waals surface area (Å²) in [6, 6.07) is 3.75. The maximum Gasteiger partial charge on any atom is 0.245 e. The van der Waals surface area contributed by atoms with E-state index in [9.17, 15) is 12.8 Å². The highest BCUT2D eigenvalue weighted by Gasteiger charge is 2.20. The largest absolute Gasteiger partial charge is 0.398 e. The molecule has 0 heterocycles. The maximum atomic E-state index is 13.2. The first-order chi connectivity index (χ1) is 6.49. The Bertz CT molecular complexity index is 411. The summed E-state index contributed by atoms with van der Waals surface area (Å²) in [6.07, 6.45) is 0. The minimum absolute atomic E-state index is 0.0917. The molecule has 1 rings (SSSR count). The smallest absolute Gasteiger partial charge is 0.245 e. The molecule has 0 aliphatic heterocycles. The van der Waals surface area contributed by atoms with E-state index in [0.29, 0.717) is 0 Å². The SMILES string of the molecule is CCNS(=O)(=O)c1c(N)cccc1F. The lowest BCUT2D eigenvalue weighted by molar-refractivity contribution is 0.560. The van der Waals surface area contributed by atoms with Crippen LogP contribution in [0.1, 0.15) is 6.92 Å². The molecule has 0 atom stereocenters. The molecule has 0 spiro atoms. The van der Waals surface area contributed by atoms with E-state index in [4.69, 9.17) is 5.73 Å². The number of benzene rings is 1. The summed E-state index contributed by atoms with van der Waals surface area (Å²) >= 11 is 0. The lowest BCUT2D eigenvalue weighted by Gasteiger charge is -2.07. The van der Waals surface area contributed by atoms with Gasteiger partial charge in [-0.05, 0) is 12.1 Å². The van der Waals surface area contributed by atoms with Crippen molar-refractivity contribution in [1.82, 2.24) is 4.72 Å². The van der Waals surface area contributed by atoms with Crippen LogP contribution in [0.25, 0.3) is 0 Å². The highest BCUT2D eigenvalue weighted by Crippen LogP contribution is 2.20. The van der Waals surface area contributed by atoms with E-state index in [-0.39, 0.29) is 12.2 Å². The highest BCUT2D eigenvalue weighted by atomic mass is 32.2. The van der Waals surface area contributed by atoms with Gasteiger partial charge in [-0.2, -0.15) is 0 Å². The first-order valence-corrected chi connectivity index (χ1v) is 5.51. The molecular weight excluding hydrogens is 207 g/mol. The van der Waals surface area contributed by atoms with Gasteiger partial charge in [0.1, 0.15) is 10.7 Å². The molecule has 3 N–H and O–H groups in total. The van der Waals surface area contributed by atoms with Crippen molar-refractivity contribution in [3.8, 4) is 0 Å². The van der Waals surface area contributed by atoms with E-state index in [1.54, 1.807) is 6.92 Å². The summed E-state index contributed by atoms with van der Waals surface area (Å²) in [5, 5.41) is 0. The molecule has 78 valence electrons. The standard InChI is InChI=1S/C8H11FN2O2S/c1-2-11-14(12,13)8-6(9)4-3-5-7(8)10/h3-5,11H,2,10H2,1H3. The quantitative estimate of drug-likeness (QED) is 0.734. The van der Waals surface area contributed by atoms with Crippen LogP contribution in [0.5, 0.6) is 0 Å². The number of nitrogens with two attached hydrogens (primary N) is 1. The van der Waals surface area contributed by atoms with Gasteiger partial charge in [0.15, 0.2) is 0 Å². The lowest BCUT2D eigenvalue weighted by Crippen LogP contribution is -2.25. The van der Waals surface area contributed by atoms with Crippen molar-refractivity contribution in [1.29, 1.82) is 0 Å². The van der Waals surface area contributed by atoms with Crippen LogP contribution in [0.15, 0.2) is 23.1 Å². The Morgan fingerprint density at radius 2 is 2.14 bits per heavy atom. The second kappa shape index (κ2) is 3.93. The number of hydrogen-bond donors (Lipinski definition) is 2. The van der Waals surface area contributed by atoms with Crippen molar-refractivity contribution in [2.24, 2.45) is 0 Å². The summed E-state index contributed by atoms with van der Waals surface area (Å²) in [6.45, 7) is 1.80. The predicted octanol–water partition coefficient (Wildman–Crippen LogP) is 0.706. The van der Waals surface area contributed by atoms with Crippen molar-refractivity contribution >= 4 is 15.7 Å². The molecule has 1 aromatic carbocycles. The Morgan fingerprint density at radius 3 is 2.64 bits per heavy atom. The van der Waals surface area contributed by atoms with Crippen molar-refractivity contribution < 1.29 is 12.8 Å². The number of nitrogens with one attached hydrogen (secondary N) is 1. The van der Waals surface area contributed by atoms with Crippen LogP contribution in [0.3, 0.4) is 0 Å². The molecule has 1 aromatic rings. The molecule has 0 saturated carbocycles. The molecule has 0 aliphatic carbocycles. The van der Waals surface area contributed by atoms with Gasteiger partial charge in [-0.25, -0.2) is 17.5 Å². The summed E-state index contributed by atoms with van der Waals surface area (Å²) in [4.78, 5) is -0.484. The lowest BCUT2D eigenvalue weighted by atomic mass is 10.3. The Morgan fingerprint density at radius 1 is 1.50 bits per heavy atom. The summed E-state index contributed by atoms with van der Waals surface area (Å²) in [7, 11) is -3.82. The Kier molecular flexibility index (Phi) is 3.07. The van der Waals surface area contributed by atoms with Gasteiger partial charge in [0.25, 0.3) is 0 Å². The zero-order chi connectivity index (χ0) is 10.8. The molecule has 14 heavy (non-hydrogen) atoms. The fourth-order valence-electron chi connectivity index (χ4n) is 1.07. The molecule has 0 bridgehead atoms. The molecule has 0 unspecified atom stereocenters. The number of hydrogen-bond acceptors (Lipinski definition) is 3. The molecule has 0 saturated heterocycles. The van der Waals surface area contributed by atoms with Crippen molar-refractivity contribution in [2.45, 2.75) is 11.8 Å². The van der Waals surface area contributed by atoms with Crippen LogP contribution in [-0.2, 0) is 10.0 Å². The second-order valence-electron chi connectivity index (χ2n) is 2.66. The molecule has 0 aromatic heterocycles. The number of halogens is 1. The van der Waals surface area contributed by atoms with Crippen LogP contribution in [0.4, 0.5) is 10.1 Å². The normalized spacial score (nSPS) is 11.6. The van der Waals surface area contributed by atoms with Crippen molar-refractivity contribution in [3.05, 3.63) is 24.0 Å². The summed E-state index contributed by atoms with van der Waals surface area (Å²) < 4.78 is 38.2. The number of nitrogen functional groups attached to an aromatic ring is 1. The van der Waals surface area contributed by atoms with Gasteiger partial charge >= 0.3 is 0 Å². The molecule has 0 fully saturated rings. The van der Waals surface area contributed by atoms with Gasteiger partial charge in [0, 0.05) is 6.54 Å². The van der Waals surface area contributed by atoms with Crippen molar-refractivity contribution in [3.63, 3.8) is 0 Å². The summed E-state index contributed by atoms with van der Waals surface area (Å²) in [5.41, 5.74) is 5.29. The zero-order valence-corrected chi connectivity index (χ0v) is 8.44. The third kappa shape index (κ3) is 2.02. The zero-order valence-electron chi connectivity index (χ0n) is 7.62. The third-order valence-corrected chi connectivity index (χ3v) is 3.24. The van der Waals surface area contributed by atoms with Crippen LogP contribution in [0, 0.1) is 5.82 Å². The Balaban J connectivity index is 3.32. The van der Waals surface area contributed by atoms with Gasteiger partial charge in [-0.3, -0.25) is 0 Å². The summed E-state index contributed by atoms with van der Waals surface area (Å²) in [5.74, 6) is -0.842. The average Bonchev–Trinajstić information content (AvgIpc) is 2.02. The predicted molar refractivity (Wildman–Crippen MR) is 51.7 cm³/mol. The van der Waals surface area contributed by atoms with Crippen LogP contribution in [0.2, 0.25) is 0 Å². The Labute approximate surface area is 82.0 Å². The first-order valence-electron chi connectivity index (χ1n) is 4.02. The fourth-order valence-corrected chi connectivity index (χ4v) is 2.30. The number of anilines is 1. The van der Waals surface area contributed by atoms with E-state index in [1.165, 1.54) is 12.1 Å². The topological polar surface area (TPSA) is 72.2 Å². The van der Waals surface area contributed by atoms with Gasteiger partial charge in [0.05, 0.1) is 5.69 Å². The van der Waals surface area contributed by atoms with E-state index in [1.807, 2.05) is 0 Å². The minimum Gasteiger partial charge on any atom is -0.398 e. The third-order valence-electron chi connectivity index (χ3n) is 1.60. The molecule has 6 heteroatoms. The van der Waals surface area contributed by atoms with E-state index in [0.717, 1.165) is 6.07 Å². The van der Waals surface area contributed by atoms with Crippen LogP contribution < -0.4 is 10.5 Å². The van der Waals surface area contributed by atoms with Gasteiger partial charge in [-0.15, -0.1) is 0 Å². The minimum atomic E-state index is -3.82. The van der Waals surface area contributed by atoms with Gasteiger partial charge in [-0.1, -0.05) is 13.0 Å². The van der Waals surface area contributed by atoms with E-state index < -0.39 is 20.7 Å². The van der Waals surface area contributed by atoms with Crippen molar-refractivity contribution in [2.75, 3.05) is 12.3 Å². The van der Waals surface area contributed by atoms with E-state index >= 15 is 0 Å². The first kappa shape index (κ1) is 10.9. The van der Waals surface area contributed by atoms with Gasteiger partial charge < -0.3 is 5.73 Å². The fraction of sp³-hybridized carbons (Fsp3) is 0.250. The van der Waals surface area contributed by atoms with Crippen LogP contribution in [-0.4, -0.2) is 15.0 Å². The second-order valence-corrected chi connectivity index (χ2v) is 4.36. The monoisotopic (exact) mass is 218 g/mol. The number of sulfonamides is 1. The molecule has 0 amide bonds. The highest BCUT2D eigenvalue weighted by molar-refractivity contribution is 7.89. The average molecular weight is 218 g/mol. The number of rotatable bonds is 3. The molecule has 4 nitrogen and oxygen atoms in total. The Hall–Kier alpha value is -1.14.